The Bertz CT molecular complexity index is 1870. The number of nitrogens with zero attached hydrogens (tertiary/aromatic N) is 2. The van der Waals surface area contributed by atoms with Gasteiger partial charge in [-0.05, 0) is 49.4 Å². The Morgan fingerprint density at radius 1 is 0.314 bits per heavy atom. The van der Waals surface area contributed by atoms with Crippen LogP contribution in [-0.4, -0.2) is 193 Å². The van der Waals surface area contributed by atoms with Crippen molar-refractivity contribution in [3.05, 3.63) is 0 Å². The van der Waals surface area contributed by atoms with E-state index in [1.807, 2.05) is 0 Å². The predicted octanol–water partition coefficient (Wildman–Crippen LogP) is 13.3. The molecule has 0 radical (unpaired) electrons. The van der Waals surface area contributed by atoms with Crippen molar-refractivity contribution in [1.82, 2.24) is 20.4 Å². The summed E-state index contributed by atoms with van der Waals surface area (Å²) in [5.41, 5.74) is 0. The zero-order valence-corrected chi connectivity index (χ0v) is 65.4. The van der Waals surface area contributed by atoms with Gasteiger partial charge in [0.25, 0.3) is 0 Å². The molecule has 1 aliphatic heterocycles. The average molecular weight is 1450 g/mol. The number of rotatable bonds is 70. The van der Waals surface area contributed by atoms with Crippen LogP contribution in [0.25, 0.3) is 0 Å². The fourth-order valence-corrected chi connectivity index (χ4v) is 13.4. The van der Waals surface area contributed by atoms with Crippen molar-refractivity contribution >= 4 is 47.6 Å². The van der Waals surface area contributed by atoms with Gasteiger partial charge < -0.3 is 59.5 Å². The lowest BCUT2D eigenvalue weighted by Crippen LogP contribution is -2.64. The normalized spacial score (nSPS) is 15.2. The molecule has 22 heteroatoms. The fourth-order valence-electron chi connectivity index (χ4n) is 13.4. The standard InChI is InChI=1S/C80H148N4O18/c1-9-17-25-33-63(34-26-18-10-2)43-49-97-75(91)53-67(85)57-83(58-68(86)54-76(92)98-50-44-64(35-27-19-11-3)36-28-20-12-4)47-41-73(89)101-61-71-79(95)82-72(80(96)81-71)62-102-74(90)42-48-84(59-69(87)55-77(93)99-51-45-65(37-29-21-13-5)38-30-22-14-6)60-70(88)56-78(94)100-52-46-66(39-31-23-15-7)40-32-24-16-8/h63-72,85-88H,9-62H2,1-8H3,(H,81,96)(H,82,95). The molecule has 0 saturated carbocycles. The quantitative estimate of drug-likeness (QED) is 0.0187. The van der Waals surface area contributed by atoms with Gasteiger partial charge in [-0.1, -0.05) is 261 Å². The summed E-state index contributed by atoms with van der Waals surface area (Å²) in [4.78, 5) is 109. The van der Waals surface area contributed by atoms with E-state index in [-0.39, 0.29) is 104 Å². The number of hydrogen-bond donors (Lipinski definition) is 6. The molecule has 596 valence electrons. The Labute approximate surface area is 616 Å². The molecule has 0 aromatic heterocycles. The molecule has 1 rings (SSSR count). The minimum atomic E-state index is -1.30. The molecule has 1 aliphatic rings. The molecular formula is C80H148N4O18. The number of amides is 2. The molecule has 0 spiro atoms. The van der Waals surface area contributed by atoms with Crippen molar-refractivity contribution in [3.8, 4) is 0 Å². The summed E-state index contributed by atoms with van der Waals surface area (Å²) in [6.45, 7) is 16.4. The first kappa shape index (κ1) is 95.5. The summed E-state index contributed by atoms with van der Waals surface area (Å²) >= 11 is 0. The third-order valence-corrected chi connectivity index (χ3v) is 19.7. The minimum absolute atomic E-state index is 0.0810. The summed E-state index contributed by atoms with van der Waals surface area (Å²) < 4.78 is 33.3. The number of ether oxygens (including phenoxy) is 6. The smallest absolute Gasteiger partial charge is 0.308 e. The zero-order chi connectivity index (χ0) is 75.4. The van der Waals surface area contributed by atoms with Gasteiger partial charge in [-0.3, -0.25) is 48.2 Å². The molecule has 0 aromatic carbocycles. The van der Waals surface area contributed by atoms with Crippen molar-refractivity contribution in [3.63, 3.8) is 0 Å². The van der Waals surface area contributed by atoms with Crippen molar-refractivity contribution in [2.24, 2.45) is 23.7 Å². The van der Waals surface area contributed by atoms with E-state index in [2.05, 4.69) is 66.0 Å². The van der Waals surface area contributed by atoms with Crippen LogP contribution < -0.4 is 10.6 Å². The van der Waals surface area contributed by atoms with Gasteiger partial charge in [0.2, 0.25) is 11.8 Å². The number of esters is 6. The van der Waals surface area contributed by atoms with E-state index in [1.54, 1.807) is 9.80 Å². The minimum Gasteiger partial charge on any atom is -0.466 e. The van der Waals surface area contributed by atoms with E-state index in [9.17, 15) is 58.8 Å². The summed E-state index contributed by atoms with van der Waals surface area (Å²) in [6, 6.07) is -2.61. The van der Waals surface area contributed by atoms with Crippen LogP contribution in [0, 0.1) is 23.7 Å². The number of aliphatic hydroxyl groups excluding tert-OH is 4. The SMILES string of the molecule is CCCCCC(CCCCC)CCOC(=O)CC(O)CN(CCC(=O)OCC1NC(=O)C(COC(=O)CCN(CC(O)CC(=O)OCCC(CCCCC)CCCCC)CC(O)CC(=O)OCCC(CCCCC)CCCCC)NC1=O)CC(O)CC(=O)OCCC(CCCCC)CCCCC. The van der Waals surface area contributed by atoms with Crippen LogP contribution in [-0.2, 0) is 66.8 Å². The number of aliphatic hydroxyl groups is 4. The zero-order valence-electron chi connectivity index (χ0n) is 65.4. The van der Waals surface area contributed by atoms with E-state index in [1.165, 1.54) is 0 Å². The molecule has 6 unspecified atom stereocenters. The molecule has 6 atom stereocenters. The van der Waals surface area contributed by atoms with E-state index in [0.717, 1.165) is 231 Å². The maximum Gasteiger partial charge on any atom is 0.308 e. The van der Waals surface area contributed by atoms with Crippen LogP contribution >= 0.6 is 0 Å². The molecule has 0 bridgehead atoms. The lowest BCUT2D eigenvalue weighted by Gasteiger charge is -2.29. The fraction of sp³-hybridized carbons (Fsp3) is 0.900. The van der Waals surface area contributed by atoms with Gasteiger partial charge in [0.15, 0.2) is 0 Å². The van der Waals surface area contributed by atoms with E-state index < -0.39 is 97.3 Å². The molecular weight excluding hydrogens is 1300 g/mol. The van der Waals surface area contributed by atoms with E-state index >= 15 is 0 Å². The van der Waals surface area contributed by atoms with Gasteiger partial charge in [0, 0.05) is 39.3 Å². The second-order valence-electron chi connectivity index (χ2n) is 29.4. The van der Waals surface area contributed by atoms with Crippen molar-refractivity contribution in [1.29, 1.82) is 0 Å². The summed E-state index contributed by atoms with van der Waals surface area (Å²) in [7, 11) is 0. The lowest BCUT2D eigenvalue weighted by molar-refractivity contribution is -0.152. The van der Waals surface area contributed by atoms with E-state index in [0.29, 0.717) is 23.7 Å². The van der Waals surface area contributed by atoms with Crippen molar-refractivity contribution in [2.45, 2.75) is 362 Å². The number of carbonyl (C=O) groups excluding carboxylic acids is 8. The van der Waals surface area contributed by atoms with Crippen LogP contribution in [0.3, 0.4) is 0 Å². The van der Waals surface area contributed by atoms with E-state index in [4.69, 9.17) is 28.4 Å². The van der Waals surface area contributed by atoms with Gasteiger partial charge >= 0.3 is 35.8 Å². The highest BCUT2D eigenvalue weighted by Gasteiger charge is 2.36. The molecule has 1 saturated heterocycles. The number of piperazine rings is 1. The predicted molar refractivity (Wildman–Crippen MR) is 400 cm³/mol. The molecule has 6 N–H and O–H groups in total. The Morgan fingerprint density at radius 2 is 0.520 bits per heavy atom. The summed E-state index contributed by atoms with van der Waals surface area (Å²) in [6.07, 6.45) is 31.8. The lowest BCUT2D eigenvalue weighted by atomic mass is 9.92. The van der Waals surface area contributed by atoms with Gasteiger partial charge in [-0.15, -0.1) is 0 Å². The molecule has 1 fully saturated rings. The highest BCUT2D eigenvalue weighted by atomic mass is 16.6. The maximum absolute atomic E-state index is 13.3. The Hall–Kier alpha value is -4.48. The second-order valence-corrected chi connectivity index (χ2v) is 29.4. The van der Waals surface area contributed by atoms with Crippen LogP contribution in [0.15, 0.2) is 0 Å². The van der Waals surface area contributed by atoms with Crippen LogP contribution in [0.5, 0.6) is 0 Å². The monoisotopic (exact) mass is 1450 g/mol. The maximum atomic E-state index is 13.3. The largest absolute Gasteiger partial charge is 0.466 e. The van der Waals surface area contributed by atoms with Gasteiger partial charge in [-0.2, -0.15) is 0 Å². The highest BCUT2D eigenvalue weighted by molar-refractivity contribution is 5.97. The third-order valence-electron chi connectivity index (χ3n) is 19.7. The van der Waals surface area contributed by atoms with Gasteiger partial charge in [0.05, 0.1) is 89.4 Å². The van der Waals surface area contributed by atoms with Gasteiger partial charge in [-0.25, -0.2) is 0 Å². The Morgan fingerprint density at radius 3 is 0.716 bits per heavy atom. The Balaban J connectivity index is 3.03. The molecule has 2 amide bonds. The van der Waals surface area contributed by atoms with Crippen LogP contribution in [0.1, 0.15) is 325 Å². The summed E-state index contributed by atoms with van der Waals surface area (Å²) in [5.74, 6) is -3.52. The van der Waals surface area contributed by atoms with Gasteiger partial charge in [0.1, 0.15) is 25.3 Å². The second kappa shape index (κ2) is 63.8. The topological polar surface area (TPSA) is 303 Å². The third kappa shape index (κ3) is 52.5. The average Bonchev–Trinajstić information content (AvgIpc) is 0.845. The number of nitrogens with one attached hydrogen (secondary N) is 2. The highest BCUT2D eigenvalue weighted by Crippen LogP contribution is 2.26. The molecule has 0 aliphatic carbocycles. The number of unbranched alkanes of at least 4 members (excludes halogenated alkanes) is 16. The molecule has 22 nitrogen and oxygen atoms in total. The molecule has 102 heavy (non-hydrogen) atoms. The molecule has 0 aromatic rings. The number of hydrogen-bond acceptors (Lipinski definition) is 20. The molecule has 1 heterocycles. The Kier molecular flexibility index (Phi) is 59.7. The van der Waals surface area contributed by atoms with Crippen LogP contribution in [0.4, 0.5) is 0 Å². The van der Waals surface area contributed by atoms with Crippen molar-refractivity contribution < 1.29 is 87.2 Å². The first-order valence-electron chi connectivity index (χ1n) is 40.9. The van der Waals surface area contributed by atoms with Crippen molar-refractivity contribution in [2.75, 3.05) is 78.9 Å². The first-order valence-corrected chi connectivity index (χ1v) is 40.9. The number of carbonyl (C=O) groups is 8. The first-order chi connectivity index (χ1) is 49.2. The van der Waals surface area contributed by atoms with Crippen LogP contribution in [0.2, 0.25) is 0 Å². The summed E-state index contributed by atoms with van der Waals surface area (Å²) in [5, 5.41) is 49.8.